The first-order valence-electron chi connectivity index (χ1n) is 7.66. The van der Waals surface area contributed by atoms with E-state index in [9.17, 15) is 13.2 Å². The Kier molecular flexibility index (Phi) is 5.72. The Morgan fingerprint density at radius 1 is 1.27 bits per heavy atom. The monoisotopic (exact) mass is 324 g/mol. The van der Waals surface area contributed by atoms with Crippen molar-refractivity contribution in [1.29, 1.82) is 0 Å². The summed E-state index contributed by atoms with van der Waals surface area (Å²) in [4.78, 5) is 11.4. The van der Waals surface area contributed by atoms with E-state index in [2.05, 4.69) is 5.32 Å². The fourth-order valence-electron chi connectivity index (χ4n) is 2.79. The van der Waals surface area contributed by atoms with Crippen molar-refractivity contribution >= 4 is 16.3 Å². The summed E-state index contributed by atoms with van der Waals surface area (Å²) in [5.74, 6) is 0.151. The average Bonchev–Trinajstić information content (AvgIpc) is 2.94. The highest BCUT2D eigenvalue weighted by atomic mass is 32.2. The SMILES string of the molecule is CC(C)CN(C[C@@H]1CNC[C@H]1C=O)S(=O)(=O)c1ccccc1. The molecule has 1 saturated heterocycles. The molecular formula is C16H24N2O3S. The predicted octanol–water partition coefficient (Wildman–Crippen LogP) is 1.37. The van der Waals surface area contributed by atoms with Crippen LogP contribution in [0.25, 0.3) is 0 Å². The molecule has 1 aromatic carbocycles. The number of benzene rings is 1. The van der Waals surface area contributed by atoms with Crippen LogP contribution in [0.1, 0.15) is 13.8 Å². The van der Waals surface area contributed by atoms with Gasteiger partial charge in [0.15, 0.2) is 0 Å². The van der Waals surface area contributed by atoms with E-state index in [0.717, 1.165) is 6.29 Å². The molecule has 1 aromatic rings. The molecule has 5 nitrogen and oxygen atoms in total. The van der Waals surface area contributed by atoms with Crippen LogP contribution in [0.4, 0.5) is 0 Å². The number of carbonyl (C=O) groups is 1. The summed E-state index contributed by atoms with van der Waals surface area (Å²) in [5.41, 5.74) is 0. The molecule has 0 aliphatic carbocycles. The minimum absolute atomic E-state index is 0.0368. The van der Waals surface area contributed by atoms with E-state index in [1.807, 2.05) is 13.8 Å². The van der Waals surface area contributed by atoms with Crippen molar-refractivity contribution in [3.63, 3.8) is 0 Å². The zero-order chi connectivity index (χ0) is 16.2. The number of sulfonamides is 1. The van der Waals surface area contributed by atoms with Gasteiger partial charge < -0.3 is 10.1 Å². The molecule has 0 spiro atoms. The largest absolute Gasteiger partial charge is 0.316 e. The minimum atomic E-state index is -3.53. The highest BCUT2D eigenvalue weighted by Gasteiger charge is 2.33. The number of hydrogen-bond acceptors (Lipinski definition) is 4. The molecule has 6 heteroatoms. The number of aldehydes is 1. The first-order valence-corrected chi connectivity index (χ1v) is 9.10. The van der Waals surface area contributed by atoms with E-state index in [0.29, 0.717) is 31.1 Å². The van der Waals surface area contributed by atoms with Crippen molar-refractivity contribution in [2.75, 3.05) is 26.2 Å². The molecule has 22 heavy (non-hydrogen) atoms. The summed E-state index contributed by atoms with van der Waals surface area (Å²) in [7, 11) is -3.53. The number of rotatable bonds is 7. The lowest BCUT2D eigenvalue weighted by Gasteiger charge is -2.27. The van der Waals surface area contributed by atoms with E-state index in [4.69, 9.17) is 0 Å². The van der Waals surface area contributed by atoms with Crippen LogP contribution >= 0.6 is 0 Å². The molecule has 2 rings (SSSR count). The molecule has 1 N–H and O–H groups in total. The van der Waals surface area contributed by atoms with Crippen molar-refractivity contribution < 1.29 is 13.2 Å². The Bertz CT molecular complexity index is 587. The van der Waals surface area contributed by atoms with Crippen LogP contribution < -0.4 is 5.32 Å². The fraction of sp³-hybridized carbons (Fsp3) is 0.562. The first-order chi connectivity index (χ1) is 10.4. The summed E-state index contributed by atoms with van der Waals surface area (Å²) in [6, 6.07) is 8.49. The van der Waals surface area contributed by atoms with Crippen molar-refractivity contribution in [3.8, 4) is 0 Å². The maximum absolute atomic E-state index is 12.9. The highest BCUT2D eigenvalue weighted by Crippen LogP contribution is 2.22. The first kappa shape index (κ1) is 17.1. The lowest BCUT2D eigenvalue weighted by atomic mass is 9.97. The van der Waals surface area contributed by atoms with Crippen LogP contribution in [0, 0.1) is 17.8 Å². The summed E-state index contributed by atoms with van der Waals surface area (Å²) in [6.45, 7) is 6.15. The van der Waals surface area contributed by atoms with Gasteiger partial charge in [0.05, 0.1) is 4.90 Å². The molecule has 1 fully saturated rings. The maximum Gasteiger partial charge on any atom is 0.243 e. The Labute approximate surface area is 132 Å². The van der Waals surface area contributed by atoms with Gasteiger partial charge in [0.25, 0.3) is 0 Å². The van der Waals surface area contributed by atoms with Crippen LogP contribution in [0.5, 0.6) is 0 Å². The lowest BCUT2D eigenvalue weighted by molar-refractivity contribution is -0.111. The summed E-state index contributed by atoms with van der Waals surface area (Å²) in [5, 5.41) is 3.17. The van der Waals surface area contributed by atoms with Gasteiger partial charge in [0, 0.05) is 25.6 Å². The summed E-state index contributed by atoms with van der Waals surface area (Å²) in [6.07, 6.45) is 0.938. The summed E-state index contributed by atoms with van der Waals surface area (Å²) < 4.78 is 27.3. The normalized spacial score (nSPS) is 22.4. The quantitative estimate of drug-likeness (QED) is 0.769. The lowest BCUT2D eigenvalue weighted by Crippen LogP contribution is -2.40. The van der Waals surface area contributed by atoms with Crippen LogP contribution in [0.15, 0.2) is 35.2 Å². The zero-order valence-electron chi connectivity index (χ0n) is 13.1. The second-order valence-electron chi connectivity index (χ2n) is 6.25. The molecule has 0 bridgehead atoms. The second kappa shape index (κ2) is 7.35. The molecule has 2 atom stereocenters. The Morgan fingerprint density at radius 2 is 1.95 bits per heavy atom. The van der Waals surface area contributed by atoms with Gasteiger partial charge in [-0.05, 0) is 30.5 Å². The molecule has 1 heterocycles. The van der Waals surface area contributed by atoms with Crippen molar-refractivity contribution in [2.45, 2.75) is 18.7 Å². The average molecular weight is 324 g/mol. The van der Waals surface area contributed by atoms with Gasteiger partial charge in [-0.15, -0.1) is 0 Å². The minimum Gasteiger partial charge on any atom is -0.316 e. The molecule has 0 amide bonds. The van der Waals surface area contributed by atoms with E-state index < -0.39 is 10.0 Å². The van der Waals surface area contributed by atoms with E-state index in [1.54, 1.807) is 30.3 Å². The number of hydrogen-bond donors (Lipinski definition) is 1. The van der Waals surface area contributed by atoms with E-state index in [-0.39, 0.29) is 17.8 Å². The van der Waals surface area contributed by atoms with Crippen molar-refractivity contribution in [1.82, 2.24) is 9.62 Å². The Morgan fingerprint density at radius 3 is 2.55 bits per heavy atom. The molecular weight excluding hydrogens is 300 g/mol. The van der Waals surface area contributed by atoms with E-state index >= 15 is 0 Å². The van der Waals surface area contributed by atoms with E-state index in [1.165, 1.54) is 4.31 Å². The van der Waals surface area contributed by atoms with Gasteiger partial charge in [-0.3, -0.25) is 0 Å². The molecule has 1 aliphatic heterocycles. The molecule has 1 aliphatic rings. The number of carbonyl (C=O) groups excluding carboxylic acids is 1. The third-order valence-corrected chi connectivity index (χ3v) is 5.80. The Hall–Kier alpha value is -1.24. The molecule has 122 valence electrons. The maximum atomic E-state index is 12.9. The second-order valence-corrected chi connectivity index (χ2v) is 8.19. The standard InChI is InChI=1S/C16H24N2O3S/c1-13(2)10-18(11-14-8-17-9-15(14)12-19)22(20,21)16-6-4-3-5-7-16/h3-7,12-15,17H,8-11H2,1-2H3/t14-,15-/m0/s1. The van der Waals surface area contributed by atoms with Crippen LogP contribution in [0.3, 0.4) is 0 Å². The van der Waals surface area contributed by atoms with Gasteiger partial charge in [-0.2, -0.15) is 4.31 Å². The third-order valence-electron chi connectivity index (χ3n) is 3.95. The van der Waals surface area contributed by atoms with Gasteiger partial charge in [-0.25, -0.2) is 8.42 Å². The van der Waals surface area contributed by atoms with Gasteiger partial charge in [-0.1, -0.05) is 32.0 Å². The van der Waals surface area contributed by atoms with Crippen molar-refractivity contribution in [3.05, 3.63) is 30.3 Å². The van der Waals surface area contributed by atoms with Crippen molar-refractivity contribution in [2.24, 2.45) is 17.8 Å². The fourth-order valence-corrected chi connectivity index (χ4v) is 4.48. The molecule has 0 saturated carbocycles. The van der Waals surface area contributed by atoms with Crippen LogP contribution in [-0.2, 0) is 14.8 Å². The summed E-state index contributed by atoms with van der Waals surface area (Å²) >= 11 is 0. The molecule has 0 unspecified atom stereocenters. The predicted molar refractivity (Wildman–Crippen MR) is 86.0 cm³/mol. The van der Waals surface area contributed by atoms with Crippen LogP contribution in [-0.4, -0.2) is 45.2 Å². The number of nitrogens with one attached hydrogen (secondary N) is 1. The molecule has 0 radical (unpaired) electrons. The third kappa shape index (κ3) is 3.94. The van der Waals surface area contributed by atoms with Gasteiger partial charge in [0.2, 0.25) is 10.0 Å². The Balaban J connectivity index is 2.24. The number of nitrogens with zero attached hydrogens (tertiary/aromatic N) is 1. The van der Waals surface area contributed by atoms with Gasteiger partial charge in [0.1, 0.15) is 6.29 Å². The van der Waals surface area contributed by atoms with Gasteiger partial charge >= 0.3 is 0 Å². The smallest absolute Gasteiger partial charge is 0.243 e. The van der Waals surface area contributed by atoms with Crippen LogP contribution in [0.2, 0.25) is 0 Å². The molecule has 0 aromatic heterocycles. The topological polar surface area (TPSA) is 66.5 Å². The highest BCUT2D eigenvalue weighted by molar-refractivity contribution is 7.89. The zero-order valence-corrected chi connectivity index (χ0v) is 13.9.